The number of aromatic amines is 1. The Bertz CT molecular complexity index is 1620. The Balaban J connectivity index is 1.12. The number of aryl methyl sites for hydroxylation is 1. The van der Waals surface area contributed by atoms with Crippen LogP contribution in [0.1, 0.15) is 136 Å². The Hall–Kier alpha value is -2.40. The SMILES string of the molecule is C=C(C)[C@@H]1CC[C@]2(C(=O)N3CCCC3c3ncc(-c4ccc(C)cc4)[nH]3)CC[C@]3(C)[C@H](CC[C@@H]4[C@@]5(C)CC[C@H](O)C(C)(C)[C@@H]5CC[C@]43C)[C@@H]12. The summed E-state index contributed by atoms with van der Waals surface area (Å²) in [6.45, 7) is 22.5. The van der Waals surface area contributed by atoms with E-state index in [9.17, 15) is 5.11 Å². The quantitative estimate of drug-likeness (QED) is 0.320. The number of fused-ring (bicyclic) bond motifs is 7. The number of aliphatic hydroxyl groups excluding tert-OH is 1. The van der Waals surface area contributed by atoms with Gasteiger partial charge in [0.05, 0.1) is 29.5 Å². The number of nitrogens with zero attached hydrogens (tertiary/aromatic N) is 2. The van der Waals surface area contributed by atoms with Gasteiger partial charge in [0, 0.05) is 6.54 Å². The number of nitrogens with one attached hydrogen (secondary N) is 1. The predicted molar refractivity (Wildman–Crippen MR) is 197 cm³/mol. The average molecular weight is 666 g/mol. The number of hydrogen-bond acceptors (Lipinski definition) is 3. The number of carbonyl (C=O) groups excluding carboxylic acids is 1. The van der Waals surface area contributed by atoms with Gasteiger partial charge in [0.1, 0.15) is 5.82 Å². The second-order valence-corrected chi connectivity index (χ2v) is 19.4. The summed E-state index contributed by atoms with van der Waals surface area (Å²) >= 11 is 0. The number of hydrogen-bond donors (Lipinski definition) is 2. The summed E-state index contributed by atoms with van der Waals surface area (Å²) in [7, 11) is 0. The van der Waals surface area contributed by atoms with Crippen molar-refractivity contribution in [3.63, 3.8) is 0 Å². The maximum absolute atomic E-state index is 15.4. The molecule has 2 N–H and O–H groups in total. The van der Waals surface area contributed by atoms with Crippen molar-refractivity contribution in [2.45, 2.75) is 138 Å². The van der Waals surface area contributed by atoms with Crippen molar-refractivity contribution in [2.75, 3.05) is 6.54 Å². The molecule has 5 nitrogen and oxygen atoms in total. The molecule has 5 aliphatic carbocycles. The van der Waals surface area contributed by atoms with Gasteiger partial charge in [0.15, 0.2) is 0 Å². The third-order valence-corrected chi connectivity index (χ3v) is 17.3. The number of benzene rings is 1. The molecule has 1 amide bonds. The molecule has 2 aromatic rings. The third kappa shape index (κ3) is 4.58. The maximum Gasteiger partial charge on any atom is 0.229 e. The second kappa shape index (κ2) is 11.3. The van der Waals surface area contributed by atoms with Gasteiger partial charge in [0.2, 0.25) is 5.91 Å². The molecule has 8 rings (SSSR count). The summed E-state index contributed by atoms with van der Waals surface area (Å²) in [5.41, 5.74) is 5.10. The fourth-order valence-corrected chi connectivity index (χ4v) is 14.5. The largest absolute Gasteiger partial charge is 0.393 e. The van der Waals surface area contributed by atoms with Gasteiger partial charge in [-0.3, -0.25) is 4.79 Å². The van der Waals surface area contributed by atoms with E-state index in [-0.39, 0.29) is 39.2 Å². The van der Waals surface area contributed by atoms with E-state index in [2.05, 4.69) is 89.2 Å². The minimum absolute atomic E-state index is 0.0207. The van der Waals surface area contributed by atoms with Gasteiger partial charge >= 0.3 is 0 Å². The number of allylic oxidation sites excluding steroid dienone is 1. The average Bonchev–Trinajstić information content (AvgIpc) is 3.82. The van der Waals surface area contributed by atoms with Crippen molar-refractivity contribution >= 4 is 5.91 Å². The molecule has 1 aliphatic heterocycles. The fourth-order valence-electron chi connectivity index (χ4n) is 14.5. The van der Waals surface area contributed by atoms with Crippen LogP contribution in [0.2, 0.25) is 0 Å². The van der Waals surface area contributed by atoms with Crippen LogP contribution in [-0.2, 0) is 4.79 Å². The van der Waals surface area contributed by atoms with Gasteiger partial charge < -0.3 is 15.0 Å². The molecule has 6 fully saturated rings. The normalized spacial score (nSPS) is 44.1. The number of aliphatic hydroxyl groups is 1. The van der Waals surface area contributed by atoms with Crippen molar-refractivity contribution in [3.05, 3.63) is 54.0 Å². The van der Waals surface area contributed by atoms with Crippen molar-refractivity contribution in [1.82, 2.24) is 14.9 Å². The van der Waals surface area contributed by atoms with Gasteiger partial charge in [-0.25, -0.2) is 4.98 Å². The van der Waals surface area contributed by atoms with Crippen molar-refractivity contribution in [3.8, 4) is 11.3 Å². The van der Waals surface area contributed by atoms with Crippen LogP contribution in [0.3, 0.4) is 0 Å². The zero-order valence-corrected chi connectivity index (χ0v) is 31.6. The molecule has 2 heterocycles. The number of carbonyl (C=O) groups is 1. The summed E-state index contributed by atoms with van der Waals surface area (Å²) < 4.78 is 0. The lowest BCUT2D eigenvalue weighted by molar-refractivity contribution is -0.247. The van der Waals surface area contributed by atoms with E-state index < -0.39 is 0 Å². The molecule has 0 spiro atoms. The minimum atomic E-state index is -0.302. The summed E-state index contributed by atoms with van der Waals surface area (Å²) in [4.78, 5) is 26.2. The summed E-state index contributed by atoms with van der Waals surface area (Å²) in [6, 6.07) is 8.63. The van der Waals surface area contributed by atoms with E-state index in [0.29, 0.717) is 35.5 Å². The Kier molecular flexibility index (Phi) is 7.78. The van der Waals surface area contributed by atoms with E-state index in [4.69, 9.17) is 4.98 Å². The molecule has 0 radical (unpaired) electrons. The smallest absolute Gasteiger partial charge is 0.229 e. The highest BCUT2D eigenvalue weighted by Crippen LogP contribution is 2.77. The topological polar surface area (TPSA) is 69.2 Å². The molecule has 11 atom stereocenters. The van der Waals surface area contributed by atoms with Gasteiger partial charge in [-0.2, -0.15) is 0 Å². The number of amides is 1. The summed E-state index contributed by atoms with van der Waals surface area (Å²) in [6.07, 6.45) is 15.1. The first-order valence-corrected chi connectivity index (χ1v) is 19.9. The summed E-state index contributed by atoms with van der Waals surface area (Å²) in [5, 5.41) is 11.1. The molecule has 1 saturated heterocycles. The lowest BCUT2D eigenvalue weighted by Gasteiger charge is -2.73. The van der Waals surface area contributed by atoms with Crippen molar-refractivity contribution in [2.24, 2.45) is 56.7 Å². The van der Waals surface area contributed by atoms with E-state index >= 15 is 4.79 Å². The monoisotopic (exact) mass is 665 g/mol. The third-order valence-electron chi connectivity index (χ3n) is 17.3. The van der Waals surface area contributed by atoms with Crippen LogP contribution in [0.4, 0.5) is 0 Å². The maximum atomic E-state index is 15.4. The number of likely N-dealkylation sites (tertiary alicyclic amines) is 1. The molecular weight excluding hydrogens is 603 g/mol. The molecule has 5 heteroatoms. The molecule has 5 saturated carbocycles. The Labute approximate surface area is 296 Å². The molecule has 0 bridgehead atoms. The van der Waals surface area contributed by atoms with Crippen LogP contribution < -0.4 is 0 Å². The van der Waals surface area contributed by atoms with Gasteiger partial charge in [-0.15, -0.1) is 0 Å². The number of H-pyrrole nitrogens is 1. The molecule has 49 heavy (non-hydrogen) atoms. The lowest BCUT2D eigenvalue weighted by Crippen LogP contribution is -2.67. The zero-order chi connectivity index (χ0) is 34.7. The van der Waals surface area contributed by atoms with Gasteiger partial charge in [-0.05, 0) is 148 Å². The standard InChI is InChI=1S/C44H63N3O2/c1-27(2)30-17-22-44(39(49)47-25-9-10-33(47)38-45-26-32(46-38)29-13-11-28(3)12-14-29)24-23-42(7)31(37(30)44)15-16-35-41(6)20-19-36(48)40(4,5)34(41)18-21-43(35,42)8/h11-14,26,30-31,33-37,48H,1,9-10,15-25H2,2-8H3,(H,45,46)/t30-,31+,33?,34-,35+,36-,37+,41-,42+,43+,44-/m0/s1. The van der Waals surface area contributed by atoms with Crippen LogP contribution in [-0.4, -0.2) is 38.5 Å². The Morgan fingerprint density at radius 2 is 1.65 bits per heavy atom. The number of imidazole rings is 1. The van der Waals surface area contributed by atoms with Crippen molar-refractivity contribution < 1.29 is 9.90 Å². The van der Waals surface area contributed by atoms with E-state index in [1.54, 1.807) is 0 Å². The molecule has 266 valence electrons. The minimum Gasteiger partial charge on any atom is -0.393 e. The van der Waals surface area contributed by atoms with E-state index in [1.807, 2.05) is 6.20 Å². The van der Waals surface area contributed by atoms with Gasteiger partial charge in [0.25, 0.3) is 0 Å². The zero-order valence-electron chi connectivity index (χ0n) is 31.6. The van der Waals surface area contributed by atoms with E-state index in [0.717, 1.165) is 75.0 Å². The fraction of sp³-hybridized carbons (Fsp3) is 0.727. The Morgan fingerprint density at radius 1 is 0.898 bits per heavy atom. The van der Waals surface area contributed by atoms with Crippen LogP contribution in [0.15, 0.2) is 42.6 Å². The van der Waals surface area contributed by atoms with Crippen molar-refractivity contribution in [1.29, 1.82) is 0 Å². The first-order valence-electron chi connectivity index (χ1n) is 19.9. The lowest BCUT2D eigenvalue weighted by atomic mass is 9.32. The highest BCUT2D eigenvalue weighted by Gasteiger charge is 2.72. The number of aromatic nitrogens is 2. The first-order chi connectivity index (χ1) is 23.2. The predicted octanol–water partition coefficient (Wildman–Crippen LogP) is 10.1. The molecule has 6 aliphatic rings. The number of rotatable bonds is 4. The van der Waals surface area contributed by atoms with Crippen LogP contribution >= 0.6 is 0 Å². The highest BCUT2D eigenvalue weighted by atomic mass is 16.3. The summed E-state index contributed by atoms with van der Waals surface area (Å²) in [5.74, 6) is 3.93. The Morgan fingerprint density at radius 3 is 2.39 bits per heavy atom. The van der Waals surface area contributed by atoms with Crippen LogP contribution in [0.5, 0.6) is 0 Å². The van der Waals surface area contributed by atoms with Gasteiger partial charge in [-0.1, -0.05) is 76.6 Å². The highest BCUT2D eigenvalue weighted by molar-refractivity contribution is 5.84. The second-order valence-electron chi connectivity index (χ2n) is 19.4. The molecule has 1 aromatic heterocycles. The first kappa shape index (κ1) is 33.7. The van der Waals surface area contributed by atoms with Crippen LogP contribution in [0.25, 0.3) is 11.3 Å². The molecular formula is C44H63N3O2. The molecule has 1 aromatic carbocycles. The van der Waals surface area contributed by atoms with Crippen LogP contribution in [0, 0.1) is 63.6 Å². The van der Waals surface area contributed by atoms with E-state index in [1.165, 1.54) is 36.8 Å². The molecule has 1 unspecified atom stereocenters.